The number of methoxy groups -OCH3 is 1. The number of aromatic nitrogens is 3. The van der Waals surface area contributed by atoms with Crippen LogP contribution in [0.4, 0.5) is 0 Å². The van der Waals surface area contributed by atoms with Gasteiger partial charge in [0.2, 0.25) is 0 Å². The predicted octanol–water partition coefficient (Wildman–Crippen LogP) is 1.68. The molecule has 0 unspecified atom stereocenters. The van der Waals surface area contributed by atoms with E-state index in [2.05, 4.69) is 14.5 Å². The van der Waals surface area contributed by atoms with Crippen LogP contribution in [0.3, 0.4) is 0 Å². The van der Waals surface area contributed by atoms with Gasteiger partial charge in [-0.05, 0) is 0 Å². The molecule has 0 saturated carbocycles. The third-order valence-electron chi connectivity index (χ3n) is 2.69. The van der Waals surface area contributed by atoms with Gasteiger partial charge in [0.1, 0.15) is 17.4 Å². The smallest absolute Gasteiger partial charge is 0.141 e. The third-order valence-corrected chi connectivity index (χ3v) is 3.61. The maximum Gasteiger partial charge on any atom is 0.141 e. The predicted molar refractivity (Wildman–Crippen MR) is 63.7 cm³/mol. The van der Waals surface area contributed by atoms with Crippen LogP contribution in [0, 0.1) is 0 Å². The van der Waals surface area contributed by atoms with Gasteiger partial charge in [-0.15, -0.1) is 11.3 Å². The molecule has 0 aliphatic carbocycles. The Hall–Kier alpha value is -1.24. The Morgan fingerprint density at radius 2 is 2.53 bits per heavy atom. The topological polar surface area (TPSA) is 49.2 Å². The molecule has 3 heterocycles. The van der Waals surface area contributed by atoms with Gasteiger partial charge in [-0.1, -0.05) is 0 Å². The normalized spacial score (nSPS) is 14.9. The molecule has 0 fully saturated rings. The van der Waals surface area contributed by atoms with Crippen molar-refractivity contribution in [3.63, 3.8) is 0 Å². The zero-order valence-electron chi connectivity index (χ0n) is 9.55. The first kappa shape index (κ1) is 10.9. The summed E-state index contributed by atoms with van der Waals surface area (Å²) in [6.45, 7) is 2.74. The number of thiazole rings is 1. The molecule has 0 aromatic carbocycles. The molecule has 3 rings (SSSR count). The molecule has 2 aromatic rings. The molecule has 17 heavy (non-hydrogen) atoms. The summed E-state index contributed by atoms with van der Waals surface area (Å²) in [5.74, 6) is 0.981. The number of nitrogens with zero attached hydrogens (tertiary/aromatic N) is 3. The molecule has 0 atom stereocenters. The summed E-state index contributed by atoms with van der Waals surface area (Å²) in [7, 11) is 1.68. The highest BCUT2D eigenvalue weighted by Gasteiger charge is 2.17. The molecule has 1 aliphatic rings. The van der Waals surface area contributed by atoms with Gasteiger partial charge >= 0.3 is 0 Å². The second kappa shape index (κ2) is 4.56. The Morgan fingerprint density at radius 3 is 3.41 bits per heavy atom. The average Bonchev–Trinajstić information content (AvgIpc) is 2.95. The number of rotatable bonds is 3. The third kappa shape index (κ3) is 1.99. The SMILES string of the molecule is COCc1csc(-c2cnc3n2CCOC3)n1. The zero-order valence-corrected chi connectivity index (χ0v) is 10.4. The maximum absolute atomic E-state index is 5.37. The van der Waals surface area contributed by atoms with Crippen LogP contribution < -0.4 is 0 Å². The van der Waals surface area contributed by atoms with Crippen LogP contribution in [0.2, 0.25) is 0 Å². The summed E-state index contributed by atoms with van der Waals surface area (Å²) in [4.78, 5) is 8.90. The molecular formula is C11H13N3O2S. The van der Waals surface area contributed by atoms with E-state index >= 15 is 0 Å². The lowest BCUT2D eigenvalue weighted by Gasteiger charge is -2.15. The fourth-order valence-electron chi connectivity index (χ4n) is 1.91. The van der Waals surface area contributed by atoms with Gasteiger partial charge in [-0.3, -0.25) is 0 Å². The van der Waals surface area contributed by atoms with E-state index in [4.69, 9.17) is 9.47 Å². The minimum absolute atomic E-state index is 0.556. The summed E-state index contributed by atoms with van der Waals surface area (Å²) in [6.07, 6.45) is 1.87. The monoisotopic (exact) mass is 251 g/mol. The molecule has 0 radical (unpaired) electrons. The first-order valence-electron chi connectivity index (χ1n) is 5.44. The van der Waals surface area contributed by atoms with Crippen molar-refractivity contribution in [1.29, 1.82) is 0 Å². The average molecular weight is 251 g/mol. The fourth-order valence-corrected chi connectivity index (χ4v) is 2.73. The highest BCUT2D eigenvalue weighted by molar-refractivity contribution is 7.13. The summed E-state index contributed by atoms with van der Waals surface area (Å²) < 4.78 is 12.6. The molecule has 1 aliphatic heterocycles. The largest absolute Gasteiger partial charge is 0.378 e. The Labute approximate surface area is 103 Å². The van der Waals surface area contributed by atoms with Gasteiger partial charge < -0.3 is 14.0 Å². The summed E-state index contributed by atoms with van der Waals surface area (Å²) >= 11 is 1.63. The Kier molecular flexibility index (Phi) is 2.92. The van der Waals surface area contributed by atoms with Crippen molar-refractivity contribution in [3.8, 4) is 10.7 Å². The Bertz CT molecular complexity index is 521. The zero-order chi connectivity index (χ0) is 11.7. The molecule has 90 valence electrons. The van der Waals surface area contributed by atoms with Crippen molar-refractivity contribution in [1.82, 2.24) is 14.5 Å². The molecule has 5 nitrogen and oxygen atoms in total. The molecule has 2 aromatic heterocycles. The molecular weight excluding hydrogens is 238 g/mol. The van der Waals surface area contributed by atoms with Crippen molar-refractivity contribution >= 4 is 11.3 Å². The molecule has 0 bridgehead atoms. The highest BCUT2D eigenvalue weighted by atomic mass is 32.1. The molecule has 6 heteroatoms. The quantitative estimate of drug-likeness (QED) is 0.833. The minimum Gasteiger partial charge on any atom is -0.378 e. The lowest BCUT2D eigenvalue weighted by molar-refractivity contribution is 0.0821. The van der Waals surface area contributed by atoms with Crippen molar-refractivity contribution < 1.29 is 9.47 Å². The van der Waals surface area contributed by atoms with E-state index in [-0.39, 0.29) is 0 Å². The van der Waals surface area contributed by atoms with E-state index in [1.54, 1.807) is 18.4 Å². The van der Waals surface area contributed by atoms with Crippen molar-refractivity contribution in [3.05, 3.63) is 23.1 Å². The second-order valence-corrected chi connectivity index (χ2v) is 4.70. The highest BCUT2D eigenvalue weighted by Crippen LogP contribution is 2.26. The minimum atomic E-state index is 0.556. The standard InChI is InChI=1S/C11H13N3O2S/c1-15-5-8-7-17-11(13-8)9-4-12-10-6-16-3-2-14(9)10/h4,7H,2-3,5-6H2,1H3. The number of hydrogen-bond donors (Lipinski definition) is 0. The van der Waals surface area contributed by atoms with Gasteiger partial charge in [0.15, 0.2) is 0 Å². The number of fused-ring (bicyclic) bond motifs is 1. The molecule has 0 spiro atoms. The van der Waals surface area contributed by atoms with E-state index in [1.807, 2.05) is 11.6 Å². The van der Waals surface area contributed by atoms with Crippen LogP contribution in [0.1, 0.15) is 11.5 Å². The van der Waals surface area contributed by atoms with Gasteiger partial charge in [0.25, 0.3) is 0 Å². The fraction of sp³-hybridized carbons (Fsp3) is 0.455. The lowest BCUT2D eigenvalue weighted by atomic mass is 10.4. The number of hydrogen-bond acceptors (Lipinski definition) is 5. The van der Waals surface area contributed by atoms with Crippen LogP contribution in [-0.2, 0) is 29.2 Å². The Balaban J connectivity index is 1.94. The van der Waals surface area contributed by atoms with Gasteiger partial charge in [0.05, 0.1) is 30.8 Å². The van der Waals surface area contributed by atoms with Crippen LogP contribution >= 0.6 is 11.3 Å². The van der Waals surface area contributed by atoms with E-state index in [0.717, 1.165) is 35.4 Å². The van der Waals surface area contributed by atoms with Crippen molar-refractivity contribution in [2.75, 3.05) is 13.7 Å². The maximum atomic E-state index is 5.37. The second-order valence-electron chi connectivity index (χ2n) is 3.84. The van der Waals surface area contributed by atoms with Gasteiger partial charge in [0, 0.05) is 19.0 Å². The molecule has 0 amide bonds. The molecule has 0 saturated heterocycles. The summed E-state index contributed by atoms with van der Waals surface area (Å²) in [5.41, 5.74) is 2.05. The number of imidazole rings is 1. The lowest BCUT2D eigenvalue weighted by Crippen LogP contribution is -2.17. The van der Waals surface area contributed by atoms with E-state index in [1.165, 1.54) is 0 Å². The van der Waals surface area contributed by atoms with E-state index in [0.29, 0.717) is 13.2 Å². The summed E-state index contributed by atoms with van der Waals surface area (Å²) in [5, 5.41) is 3.02. The van der Waals surface area contributed by atoms with Crippen LogP contribution in [-0.4, -0.2) is 28.3 Å². The van der Waals surface area contributed by atoms with Crippen LogP contribution in [0.15, 0.2) is 11.6 Å². The molecule has 0 N–H and O–H groups in total. The first-order chi connectivity index (χ1) is 8.38. The van der Waals surface area contributed by atoms with E-state index < -0.39 is 0 Å². The first-order valence-corrected chi connectivity index (χ1v) is 6.32. The van der Waals surface area contributed by atoms with Gasteiger partial charge in [-0.2, -0.15) is 0 Å². The Morgan fingerprint density at radius 1 is 1.59 bits per heavy atom. The van der Waals surface area contributed by atoms with E-state index in [9.17, 15) is 0 Å². The summed E-state index contributed by atoms with van der Waals surface area (Å²) in [6, 6.07) is 0. The van der Waals surface area contributed by atoms with Crippen molar-refractivity contribution in [2.45, 2.75) is 19.8 Å². The van der Waals surface area contributed by atoms with Gasteiger partial charge in [-0.25, -0.2) is 9.97 Å². The van der Waals surface area contributed by atoms with Crippen molar-refractivity contribution in [2.24, 2.45) is 0 Å². The number of ether oxygens (including phenoxy) is 2. The van der Waals surface area contributed by atoms with Crippen LogP contribution in [0.5, 0.6) is 0 Å². The van der Waals surface area contributed by atoms with Crippen LogP contribution in [0.25, 0.3) is 10.7 Å².